The van der Waals surface area contributed by atoms with Gasteiger partial charge in [-0.1, -0.05) is 23.2 Å². The summed E-state index contributed by atoms with van der Waals surface area (Å²) in [6.07, 6.45) is 0. The highest BCUT2D eigenvalue weighted by molar-refractivity contribution is 7.97. The Hall–Kier alpha value is -1.49. The molecule has 0 aliphatic rings. The molecular formula is C13H8Cl2O7S2. The van der Waals surface area contributed by atoms with E-state index in [0.717, 1.165) is 12.1 Å². The van der Waals surface area contributed by atoms with E-state index in [1.54, 1.807) is 0 Å². The van der Waals surface area contributed by atoms with E-state index in [4.69, 9.17) is 27.8 Å². The zero-order chi connectivity index (χ0) is 18.1. The van der Waals surface area contributed by atoms with Crippen LogP contribution in [0, 0.1) is 0 Å². The van der Waals surface area contributed by atoms with Crippen LogP contribution in [0.3, 0.4) is 0 Å². The molecule has 0 spiro atoms. The average molecular weight is 411 g/mol. The zero-order valence-corrected chi connectivity index (χ0v) is 14.7. The van der Waals surface area contributed by atoms with Crippen LogP contribution in [-0.2, 0) is 24.1 Å². The standard InChI is InChI=1S/C13H8Cl2O7S2/c14-10-4-1-8(2-5-10)13(16)9-3-6-11(15)12(7-9)23(17,18)22-24(19,20)21/h1-7H,(H,19,20,21). The van der Waals surface area contributed by atoms with Crippen molar-refractivity contribution >= 4 is 49.5 Å². The molecule has 128 valence electrons. The summed E-state index contributed by atoms with van der Waals surface area (Å²) in [5.41, 5.74) is 0.139. The lowest BCUT2D eigenvalue weighted by molar-refractivity contribution is 0.103. The molecule has 0 bridgehead atoms. The Bertz CT molecular complexity index is 997. The normalized spacial score (nSPS) is 12.1. The third-order valence-electron chi connectivity index (χ3n) is 2.74. The number of halogens is 2. The van der Waals surface area contributed by atoms with Gasteiger partial charge in [-0.3, -0.25) is 9.35 Å². The van der Waals surface area contributed by atoms with Gasteiger partial charge < -0.3 is 0 Å². The summed E-state index contributed by atoms with van der Waals surface area (Å²) in [7, 11) is -10.2. The van der Waals surface area contributed by atoms with Crippen molar-refractivity contribution in [3.63, 3.8) is 0 Å². The third-order valence-corrected chi connectivity index (χ3v) is 5.72. The molecular weight excluding hydrogens is 403 g/mol. The molecule has 0 amide bonds. The monoisotopic (exact) mass is 410 g/mol. The van der Waals surface area contributed by atoms with Crippen LogP contribution in [-0.4, -0.2) is 27.2 Å². The second kappa shape index (κ2) is 6.79. The predicted octanol–water partition coefficient (Wildman–Crippen LogP) is 2.73. The molecule has 0 saturated heterocycles. The lowest BCUT2D eigenvalue weighted by Gasteiger charge is -2.07. The lowest BCUT2D eigenvalue weighted by Crippen LogP contribution is -2.14. The number of hydrogen-bond acceptors (Lipinski definition) is 6. The Morgan fingerprint density at radius 1 is 0.917 bits per heavy atom. The number of carbonyl (C=O) groups excluding carboxylic acids is 1. The Kier molecular flexibility index (Phi) is 5.33. The predicted molar refractivity (Wildman–Crippen MR) is 86.2 cm³/mol. The summed E-state index contributed by atoms with van der Waals surface area (Å²) in [6.45, 7) is 0. The highest BCUT2D eigenvalue weighted by Gasteiger charge is 2.27. The Labute approximate surface area is 147 Å². The fourth-order valence-electron chi connectivity index (χ4n) is 1.75. The Morgan fingerprint density at radius 3 is 2.00 bits per heavy atom. The van der Waals surface area contributed by atoms with E-state index in [1.807, 2.05) is 0 Å². The van der Waals surface area contributed by atoms with E-state index in [-0.39, 0.29) is 16.1 Å². The zero-order valence-electron chi connectivity index (χ0n) is 11.5. The SMILES string of the molecule is O=C(c1ccc(Cl)cc1)c1ccc(Cl)c(S(=O)(=O)OS(=O)(=O)O)c1. The molecule has 11 heteroatoms. The Balaban J connectivity index is 2.49. The van der Waals surface area contributed by atoms with Crippen molar-refractivity contribution in [2.45, 2.75) is 4.90 Å². The molecule has 0 aliphatic heterocycles. The summed E-state index contributed by atoms with van der Waals surface area (Å²) < 4.78 is 57.1. The second-order valence-corrected chi connectivity index (χ2v) is 8.02. The molecule has 0 radical (unpaired) electrons. The van der Waals surface area contributed by atoms with Gasteiger partial charge in [0.1, 0.15) is 4.90 Å². The van der Waals surface area contributed by atoms with Gasteiger partial charge in [0, 0.05) is 16.1 Å². The van der Waals surface area contributed by atoms with E-state index < -0.39 is 31.2 Å². The summed E-state index contributed by atoms with van der Waals surface area (Å²) in [4.78, 5) is 11.6. The first-order valence-corrected chi connectivity index (χ1v) is 9.56. The molecule has 0 atom stereocenters. The quantitative estimate of drug-likeness (QED) is 0.594. The molecule has 2 aromatic rings. The van der Waals surface area contributed by atoms with Crippen molar-refractivity contribution in [1.29, 1.82) is 0 Å². The minimum absolute atomic E-state index is 0.0840. The first kappa shape index (κ1) is 18.8. The number of benzene rings is 2. The lowest BCUT2D eigenvalue weighted by atomic mass is 10.0. The van der Waals surface area contributed by atoms with Crippen LogP contribution < -0.4 is 0 Å². The molecule has 2 aromatic carbocycles. The maximum absolute atomic E-state index is 12.3. The van der Waals surface area contributed by atoms with Gasteiger partial charge in [0.15, 0.2) is 5.78 Å². The van der Waals surface area contributed by atoms with Crippen molar-refractivity contribution < 1.29 is 29.8 Å². The van der Waals surface area contributed by atoms with Gasteiger partial charge in [0.25, 0.3) is 0 Å². The summed E-state index contributed by atoms with van der Waals surface area (Å²) in [6, 6.07) is 9.01. The summed E-state index contributed by atoms with van der Waals surface area (Å²) >= 11 is 11.4. The average Bonchev–Trinajstić information content (AvgIpc) is 2.45. The molecule has 7 nitrogen and oxygen atoms in total. The molecule has 0 aromatic heterocycles. The van der Waals surface area contributed by atoms with Gasteiger partial charge in [-0.15, -0.1) is 3.63 Å². The van der Waals surface area contributed by atoms with E-state index in [2.05, 4.69) is 3.63 Å². The number of rotatable bonds is 5. The van der Waals surface area contributed by atoms with Crippen LogP contribution in [0.4, 0.5) is 0 Å². The van der Waals surface area contributed by atoms with E-state index in [9.17, 15) is 21.6 Å². The number of carbonyl (C=O) groups is 1. The summed E-state index contributed by atoms with van der Waals surface area (Å²) in [5.74, 6) is -0.549. The molecule has 0 aliphatic carbocycles. The second-order valence-electron chi connectivity index (χ2n) is 4.43. The smallest absolute Gasteiger partial charge is 0.289 e. The molecule has 0 unspecified atom stereocenters. The van der Waals surface area contributed by atoms with Crippen molar-refractivity contribution in [2.24, 2.45) is 0 Å². The van der Waals surface area contributed by atoms with E-state index >= 15 is 0 Å². The van der Waals surface area contributed by atoms with Gasteiger partial charge in [-0.2, -0.15) is 16.8 Å². The molecule has 24 heavy (non-hydrogen) atoms. The van der Waals surface area contributed by atoms with Crippen LogP contribution >= 0.6 is 23.2 Å². The van der Waals surface area contributed by atoms with Gasteiger partial charge in [0.2, 0.25) is 0 Å². The van der Waals surface area contributed by atoms with Crippen LogP contribution in [0.25, 0.3) is 0 Å². The highest BCUT2D eigenvalue weighted by Crippen LogP contribution is 2.26. The van der Waals surface area contributed by atoms with Crippen molar-refractivity contribution in [3.8, 4) is 0 Å². The van der Waals surface area contributed by atoms with Gasteiger partial charge in [-0.25, -0.2) is 0 Å². The van der Waals surface area contributed by atoms with Crippen LogP contribution in [0.2, 0.25) is 10.0 Å². The molecule has 2 rings (SSSR count). The van der Waals surface area contributed by atoms with Crippen molar-refractivity contribution in [2.75, 3.05) is 0 Å². The van der Waals surface area contributed by atoms with Crippen LogP contribution in [0.5, 0.6) is 0 Å². The van der Waals surface area contributed by atoms with Crippen molar-refractivity contribution in [1.82, 2.24) is 0 Å². The number of hydrogen-bond donors (Lipinski definition) is 1. The maximum Gasteiger partial charge on any atom is 0.412 e. The fourth-order valence-corrected chi connectivity index (χ4v) is 4.06. The van der Waals surface area contributed by atoms with Crippen LogP contribution in [0.1, 0.15) is 15.9 Å². The van der Waals surface area contributed by atoms with E-state index in [1.165, 1.54) is 30.3 Å². The Morgan fingerprint density at radius 2 is 1.46 bits per heavy atom. The first-order chi connectivity index (χ1) is 11.0. The first-order valence-electron chi connectivity index (χ1n) is 6.03. The third kappa shape index (κ3) is 4.53. The fraction of sp³-hybridized carbons (Fsp3) is 0. The number of ketones is 1. The van der Waals surface area contributed by atoms with Crippen LogP contribution in [0.15, 0.2) is 47.4 Å². The molecule has 0 fully saturated rings. The summed E-state index contributed by atoms with van der Waals surface area (Å²) in [5, 5.41) is 0.0266. The molecule has 0 saturated carbocycles. The minimum atomic E-state index is -5.28. The largest absolute Gasteiger partial charge is 0.412 e. The molecule has 0 heterocycles. The minimum Gasteiger partial charge on any atom is -0.289 e. The molecule has 1 N–H and O–H groups in total. The van der Waals surface area contributed by atoms with Crippen molar-refractivity contribution in [3.05, 3.63) is 63.6 Å². The van der Waals surface area contributed by atoms with Gasteiger partial charge >= 0.3 is 20.5 Å². The van der Waals surface area contributed by atoms with E-state index in [0.29, 0.717) is 5.02 Å². The maximum atomic E-state index is 12.3. The topological polar surface area (TPSA) is 115 Å². The van der Waals surface area contributed by atoms with Gasteiger partial charge in [-0.05, 0) is 42.5 Å². The highest BCUT2D eigenvalue weighted by atomic mass is 35.5. The van der Waals surface area contributed by atoms with Gasteiger partial charge in [0.05, 0.1) is 5.02 Å².